The van der Waals surface area contributed by atoms with Gasteiger partial charge in [0.05, 0.1) is 12.1 Å². The van der Waals surface area contributed by atoms with Crippen LogP contribution in [0.5, 0.6) is 0 Å². The number of fused-ring (bicyclic) bond motifs is 1. The molecule has 5 heteroatoms. The largest absolute Gasteiger partial charge is 0.453 e. The molecule has 2 heterocycles. The third-order valence-corrected chi connectivity index (χ3v) is 3.88. The minimum atomic E-state index is 0.481. The second kappa shape index (κ2) is 6.04. The van der Waals surface area contributed by atoms with Crippen molar-refractivity contribution in [2.24, 2.45) is 5.16 Å². The highest BCUT2D eigenvalue weighted by Crippen LogP contribution is 2.29. The van der Waals surface area contributed by atoms with Gasteiger partial charge in [0.2, 0.25) is 0 Å². The smallest absolute Gasteiger partial charge is 0.155 e. The Bertz CT molecular complexity index is 1000. The molecule has 24 heavy (non-hydrogen) atoms. The van der Waals surface area contributed by atoms with Crippen LogP contribution in [0.1, 0.15) is 11.3 Å². The van der Waals surface area contributed by atoms with Crippen molar-refractivity contribution < 1.29 is 9.62 Å². The highest BCUT2D eigenvalue weighted by atomic mass is 16.4. The van der Waals surface area contributed by atoms with Gasteiger partial charge in [0.15, 0.2) is 5.76 Å². The lowest BCUT2D eigenvalue weighted by Crippen LogP contribution is -2.01. The summed E-state index contributed by atoms with van der Waals surface area (Å²) in [6.07, 6.45) is 1.26. The molecular weight excluding hydrogens is 302 g/mol. The number of oxime groups is 1. The average Bonchev–Trinajstić information content (AvgIpc) is 3.22. The second-order valence-corrected chi connectivity index (χ2v) is 5.46. The maximum atomic E-state index is 8.63. The first-order chi connectivity index (χ1) is 11.8. The van der Waals surface area contributed by atoms with Crippen molar-refractivity contribution >= 4 is 17.1 Å². The molecule has 4 rings (SSSR count). The van der Waals surface area contributed by atoms with Crippen LogP contribution in [0.3, 0.4) is 0 Å². The Kier molecular flexibility index (Phi) is 3.59. The summed E-state index contributed by atoms with van der Waals surface area (Å²) in [4.78, 5) is 0. The molecule has 2 aromatic carbocycles. The Morgan fingerprint density at radius 3 is 2.62 bits per heavy atom. The van der Waals surface area contributed by atoms with Gasteiger partial charge in [-0.1, -0.05) is 53.7 Å². The number of rotatable bonds is 4. The molecular formula is C19H15N3O2. The standard InChI is InChI=1S/C19H15N3O2/c23-20-12-15-10-11-18(24-15)19-16-8-4-5-9-17(16)22(21-19)13-14-6-2-1-3-7-14/h1-12,23H,13H2/b20-12+. The van der Waals surface area contributed by atoms with E-state index in [1.54, 1.807) is 6.07 Å². The summed E-state index contributed by atoms with van der Waals surface area (Å²) >= 11 is 0. The van der Waals surface area contributed by atoms with Gasteiger partial charge in [-0.15, -0.1) is 0 Å². The van der Waals surface area contributed by atoms with Crippen LogP contribution in [0.4, 0.5) is 0 Å². The van der Waals surface area contributed by atoms with Gasteiger partial charge in [-0.2, -0.15) is 5.10 Å². The summed E-state index contributed by atoms with van der Waals surface area (Å²) in [6.45, 7) is 0.688. The molecule has 2 aromatic heterocycles. The lowest BCUT2D eigenvalue weighted by Gasteiger charge is -2.03. The highest BCUT2D eigenvalue weighted by Gasteiger charge is 2.15. The van der Waals surface area contributed by atoms with Crippen LogP contribution in [0, 0.1) is 0 Å². The Morgan fingerprint density at radius 1 is 1.00 bits per heavy atom. The number of benzene rings is 2. The lowest BCUT2D eigenvalue weighted by atomic mass is 10.2. The lowest BCUT2D eigenvalue weighted by molar-refractivity contribution is 0.321. The van der Waals surface area contributed by atoms with Crippen LogP contribution >= 0.6 is 0 Å². The van der Waals surface area contributed by atoms with Crippen LogP contribution in [-0.2, 0) is 6.54 Å². The van der Waals surface area contributed by atoms with Crippen LogP contribution < -0.4 is 0 Å². The molecule has 0 radical (unpaired) electrons. The van der Waals surface area contributed by atoms with E-state index in [9.17, 15) is 0 Å². The monoisotopic (exact) mass is 317 g/mol. The summed E-state index contributed by atoms with van der Waals surface area (Å²) < 4.78 is 7.67. The van der Waals surface area contributed by atoms with Crippen molar-refractivity contribution in [3.05, 3.63) is 78.1 Å². The minimum Gasteiger partial charge on any atom is -0.453 e. The van der Waals surface area contributed by atoms with Crippen molar-refractivity contribution in [1.82, 2.24) is 9.78 Å². The normalized spacial score (nSPS) is 11.5. The summed E-state index contributed by atoms with van der Waals surface area (Å²) in [5.74, 6) is 1.13. The number of furan rings is 1. The molecule has 4 aromatic rings. The molecule has 0 aliphatic heterocycles. The van der Waals surface area contributed by atoms with Gasteiger partial charge in [-0.05, 0) is 23.8 Å². The summed E-state index contributed by atoms with van der Waals surface area (Å²) in [7, 11) is 0. The van der Waals surface area contributed by atoms with Gasteiger partial charge in [0.1, 0.15) is 17.7 Å². The fourth-order valence-electron chi connectivity index (χ4n) is 2.79. The van der Waals surface area contributed by atoms with Crippen LogP contribution in [0.15, 0.2) is 76.3 Å². The minimum absolute atomic E-state index is 0.481. The molecule has 0 unspecified atom stereocenters. The molecule has 0 spiro atoms. The predicted molar refractivity (Wildman–Crippen MR) is 92.4 cm³/mol. The van der Waals surface area contributed by atoms with Crippen LogP contribution in [-0.4, -0.2) is 21.2 Å². The molecule has 0 saturated carbocycles. The second-order valence-electron chi connectivity index (χ2n) is 5.46. The fraction of sp³-hybridized carbons (Fsp3) is 0.0526. The Balaban J connectivity index is 1.81. The van der Waals surface area contributed by atoms with E-state index < -0.39 is 0 Å². The summed E-state index contributed by atoms with van der Waals surface area (Å²) in [6, 6.07) is 21.9. The fourth-order valence-corrected chi connectivity index (χ4v) is 2.79. The maximum Gasteiger partial charge on any atom is 0.155 e. The van der Waals surface area contributed by atoms with Crippen molar-refractivity contribution in [3.63, 3.8) is 0 Å². The van der Waals surface area contributed by atoms with E-state index in [4.69, 9.17) is 14.7 Å². The number of para-hydroxylation sites is 1. The molecule has 0 saturated heterocycles. The Morgan fingerprint density at radius 2 is 1.79 bits per heavy atom. The van der Waals surface area contributed by atoms with E-state index >= 15 is 0 Å². The van der Waals surface area contributed by atoms with Crippen molar-refractivity contribution in [1.29, 1.82) is 0 Å². The Hall–Kier alpha value is -3.34. The van der Waals surface area contributed by atoms with Crippen LogP contribution in [0.2, 0.25) is 0 Å². The first-order valence-electron chi connectivity index (χ1n) is 7.62. The zero-order valence-corrected chi connectivity index (χ0v) is 12.8. The molecule has 0 atom stereocenters. The third kappa shape index (κ3) is 2.56. The Labute approximate surface area is 138 Å². The zero-order chi connectivity index (χ0) is 16.4. The quantitative estimate of drug-likeness (QED) is 0.349. The van der Waals surface area contributed by atoms with Gasteiger partial charge < -0.3 is 9.62 Å². The van der Waals surface area contributed by atoms with Gasteiger partial charge >= 0.3 is 0 Å². The van der Waals surface area contributed by atoms with E-state index in [-0.39, 0.29) is 0 Å². The molecule has 0 bridgehead atoms. The van der Waals surface area contributed by atoms with Gasteiger partial charge in [-0.3, -0.25) is 4.68 Å². The highest BCUT2D eigenvalue weighted by molar-refractivity contribution is 5.92. The number of hydrogen-bond acceptors (Lipinski definition) is 4. The number of hydrogen-bond donors (Lipinski definition) is 1. The van der Waals surface area contributed by atoms with E-state index in [1.807, 2.05) is 53.2 Å². The molecule has 0 aliphatic rings. The summed E-state index contributed by atoms with van der Waals surface area (Å²) in [5, 5.41) is 17.4. The molecule has 0 aliphatic carbocycles. The first kappa shape index (κ1) is 14.3. The molecule has 5 nitrogen and oxygen atoms in total. The maximum absolute atomic E-state index is 8.63. The molecule has 118 valence electrons. The van der Waals surface area contributed by atoms with E-state index in [1.165, 1.54) is 11.8 Å². The van der Waals surface area contributed by atoms with E-state index in [0.29, 0.717) is 18.1 Å². The molecule has 0 fully saturated rings. The van der Waals surface area contributed by atoms with Gasteiger partial charge in [-0.25, -0.2) is 0 Å². The number of aromatic nitrogens is 2. The molecule has 0 amide bonds. The van der Waals surface area contributed by atoms with E-state index in [0.717, 1.165) is 16.6 Å². The topological polar surface area (TPSA) is 63.6 Å². The van der Waals surface area contributed by atoms with Gasteiger partial charge in [0, 0.05) is 5.39 Å². The van der Waals surface area contributed by atoms with Crippen LogP contribution in [0.25, 0.3) is 22.4 Å². The van der Waals surface area contributed by atoms with Crippen molar-refractivity contribution in [3.8, 4) is 11.5 Å². The molecule has 1 N–H and O–H groups in total. The van der Waals surface area contributed by atoms with Crippen molar-refractivity contribution in [2.75, 3.05) is 0 Å². The van der Waals surface area contributed by atoms with Gasteiger partial charge in [0.25, 0.3) is 0 Å². The van der Waals surface area contributed by atoms with E-state index in [2.05, 4.69) is 17.3 Å². The third-order valence-electron chi connectivity index (χ3n) is 3.88. The predicted octanol–water partition coefficient (Wildman–Crippen LogP) is 4.15. The average molecular weight is 317 g/mol. The SMILES string of the molecule is O/N=C/c1ccc(-c2nn(Cc3ccccc3)c3ccccc23)o1. The van der Waals surface area contributed by atoms with Crippen molar-refractivity contribution in [2.45, 2.75) is 6.54 Å². The summed E-state index contributed by atoms with van der Waals surface area (Å²) in [5.41, 5.74) is 3.01. The zero-order valence-electron chi connectivity index (χ0n) is 12.8. The first-order valence-corrected chi connectivity index (χ1v) is 7.62. The number of nitrogens with zero attached hydrogens (tertiary/aromatic N) is 3.